The van der Waals surface area contributed by atoms with Gasteiger partial charge in [0.2, 0.25) is 0 Å². The summed E-state index contributed by atoms with van der Waals surface area (Å²) in [5.41, 5.74) is 6.42. The molecule has 0 saturated carbocycles. The second kappa shape index (κ2) is 4.32. The molecular formula is C19H18N2. The molecule has 0 bridgehead atoms. The van der Waals surface area contributed by atoms with Crippen LogP contribution in [0.15, 0.2) is 60.8 Å². The Kier molecular flexibility index (Phi) is 2.55. The molecule has 1 aliphatic carbocycles. The highest BCUT2D eigenvalue weighted by atomic mass is 15.3. The molecule has 2 nitrogen and oxygen atoms in total. The summed E-state index contributed by atoms with van der Waals surface area (Å²) in [5.74, 6) is 0. The lowest BCUT2D eigenvalue weighted by atomic mass is 9.72. The lowest BCUT2D eigenvalue weighted by Crippen LogP contribution is -2.24. The Bertz CT molecular complexity index is 797. The first-order chi connectivity index (χ1) is 10.1. The van der Waals surface area contributed by atoms with Gasteiger partial charge in [0.15, 0.2) is 0 Å². The average molecular weight is 274 g/mol. The van der Waals surface area contributed by atoms with E-state index < -0.39 is 0 Å². The largest absolute Gasteiger partial charge is 0.240 e. The molecule has 0 radical (unpaired) electrons. The van der Waals surface area contributed by atoms with Gasteiger partial charge in [-0.05, 0) is 35.1 Å². The number of para-hydroxylation sites is 1. The highest BCUT2D eigenvalue weighted by Gasteiger charge is 2.32. The van der Waals surface area contributed by atoms with Crippen LogP contribution < -0.4 is 0 Å². The molecular weight excluding hydrogens is 256 g/mol. The minimum atomic E-state index is 0.161. The van der Waals surface area contributed by atoms with Crippen LogP contribution >= 0.6 is 0 Å². The Hall–Kier alpha value is -2.35. The Morgan fingerprint density at radius 1 is 0.952 bits per heavy atom. The minimum absolute atomic E-state index is 0.161. The lowest BCUT2D eigenvalue weighted by Gasteiger charge is -2.31. The van der Waals surface area contributed by atoms with Gasteiger partial charge in [-0.3, -0.25) is 0 Å². The van der Waals surface area contributed by atoms with E-state index in [2.05, 4.69) is 56.4 Å². The molecule has 2 aromatic carbocycles. The predicted octanol–water partition coefficient (Wildman–Crippen LogP) is 4.37. The molecule has 0 N–H and O–H groups in total. The first-order valence-electron chi connectivity index (χ1n) is 7.39. The normalized spacial score (nSPS) is 15.3. The molecule has 0 amide bonds. The predicted molar refractivity (Wildman–Crippen MR) is 85.7 cm³/mol. The van der Waals surface area contributed by atoms with Gasteiger partial charge in [0.05, 0.1) is 11.4 Å². The van der Waals surface area contributed by atoms with Gasteiger partial charge < -0.3 is 0 Å². The highest BCUT2D eigenvalue weighted by molar-refractivity contribution is 5.71. The van der Waals surface area contributed by atoms with Crippen molar-refractivity contribution in [3.8, 4) is 16.9 Å². The molecule has 2 heteroatoms. The van der Waals surface area contributed by atoms with E-state index in [1.807, 2.05) is 22.9 Å². The average Bonchev–Trinajstić information content (AvgIpc) is 2.91. The fourth-order valence-corrected chi connectivity index (χ4v) is 3.33. The van der Waals surface area contributed by atoms with Crippen LogP contribution in [0.5, 0.6) is 0 Å². The first kappa shape index (κ1) is 12.4. The topological polar surface area (TPSA) is 17.8 Å². The summed E-state index contributed by atoms with van der Waals surface area (Å²) >= 11 is 0. The number of hydrogen-bond acceptors (Lipinski definition) is 1. The zero-order valence-corrected chi connectivity index (χ0v) is 12.4. The van der Waals surface area contributed by atoms with Crippen LogP contribution in [0.4, 0.5) is 0 Å². The van der Waals surface area contributed by atoms with Crippen molar-refractivity contribution in [1.82, 2.24) is 9.78 Å². The maximum Gasteiger partial charge on any atom is 0.0962 e. The molecule has 21 heavy (non-hydrogen) atoms. The van der Waals surface area contributed by atoms with E-state index in [0.717, 1.165) is 17.8 Å². The van der Waals surface area contributed by atoms with Crippen molar-refractivity contribution in [2.24, 2.45) is 0 Å². The Balaban J connectivity index is 1.92. The summed E-state index contributed by atoms with van der Waals surface area (Å²) in [4.78, 5) is 0. The van der Waals surface area contributed by atoms with Gasteiger partial charge in [-0.2, -0.15) is 5.10 Å². The fourth-order valence-electron chi connectivity index (χ4n) is 3.33. The molecule has 4 rings (SSSR count). The van der Waals surface area contributed by atoms with Gasteiger partial charge in [-0.1, -0.05) is 56.3 Å². The van der Waals surface area contributed by atoms with Crippen molar-refractivity contribution in [2.45, 2.75) is 25.7 Å². The van der Waals surface area contributed by atoms with Crippen molar-refractivity contribution in [1.29, 1.82) is 0 Å². The van der Waals surface area contributed by atoms with Crippen LogP contribution in [0, 0.1) is 0 Å². The van der Waals surface area contributed by atoms with Gasteiger partial charge in [0, 0.05) is 11.8 Å². The van der Waals surface area contributed by atoms with Gasteiger partial charge in [-0.25, -0.2) is 4.68 Å². The van der Waals surface area contributed by atoms with E-state index in [0.29, 0.717) is 0 Å². The number of nitrogens with zero attached hydrogens (tertiary/aromatic N) is 2. The van der Waals surface area contributed by atoms with E-state index in [-0.39, 0.29) is 5.41 Å². The van der Waals surface area contributed by atoms with Crippen molar-refractivity contribution in [3.05, 3.63) is 71.9 Å². The quantitative estimate of drug-likeness (QED) is 0.644. The molecule has 1 heterocycles. The second-order valence-corrected chi connectivity index (χ2v) is 6.39. The number of rotatable bonds is 1. The summed E-state index contributed by atoms with van der Waals surface area (Å²) in [7, 11) is 0. The van der Waals surface area contributed by atoms with Crippen molar-refractivity contribution in [3.63, 3.8) is 0 Å². The molecule has 0 unspecified atom stereocenters. The van der Waals surface area contributed by atoms with Gasteiger partial charge >= 0.3 is 0 Å². The summed E-state index contributed by atoms with van der Waals surface area (Å²) in [6.07, 6.45) is 3.22. The molecule has 0 saturated heterocycles. The van der Waals surface area contributed by atoms with Crippen LogP contribution in [0.25, 0.3) is 16.9 Å². The Morgan fingerprint density at radius 2 is 1.67 bits per heavy atom. The Morgan fingerprint density at radius 3 is 2.48 bits per heavy atom. The standard InChI is InChI=1S/C19H18N2/c1-19(2)12-14-13-21(15-8-4-3-5-9-15)20-18(14)16-10-6-7-11-17(16)19/h3-11,13H,12H2,1-2H3. The third-order valence-corrected chi connectivity index (χ3v) is 4.35. The van der Waals surface area contributed by atoms with Crippen molar-refractivity contribution >= 4 is 0 Å². The summed E-state index contributed by atoms with van der Waals surface area (Å²) in [5, 5.41) is 4.84. The fraction of sp³-hybridized carbons (Fsp3) is 0.211. The Labute approximate surface area is 125 Å². The van der Waals surface area contributed by atoms with Crippen LogP contribution in [-0.2, 0) is 11.8 Å². The van der Waals surface area contributed by atoms with E-state index >= 15 is 0 Å². The second-order valence-electron chi connectivity index (χ2n) is 6.39. The smallest absolute Gasteiger partial charge is 0.0962 e. The van der Waals surface area contributed by atoms with Crippen LogP contribution in [0.2, 0.25) is 0 Å². The maximum atomic E-state index is 4.84. The highest BCUT2D eigenvalue weighted by Crippen LogP contribution is 2.42. The molecule has 0 aliphatic heterocycles. The van der Waals surface area contributed by atoms with Crippen LogP contribution in [0.3, 0.4) is 0 Å². The molecule has 0 spiro atoms. The lowest BCUT2D eigenvalue weighted by molar-refractivity contribution is 0.517. The minimum Gasteiger partial charge on any atom is -0.240 e. The zero-order valence-electron chi connectivity index (χ0n) is 12.4. The molecule has 3 aromatic rings. The molecule has 0 fully saturated rings. The summed E-state index contributed by atoms with van der Waals surface area (Å²) in [6.45, 7) is 4.63. The van der Waals surface area contributed by atoms with E-state index in [1.54, 1.807) is 0 Å². The number of fused-ring (bicyclic) bond motifs is 3. The van der Waals surface area contributed by atoms with Crippen molar-refractivity contribution < 1.29 is 0 Å². The summed E-state index contributed by atoms with van der Waals surface area (Å²) in [6, 6.07) is 19.0. The molecule has 104 valence electrons. The third kappa shape index (κ3) is 1.90. The van der Waals surface area contributed by atoms with E-state index in [1.165, 1.54) is 16.7 Å². The van der Waals surface area contributed by atoms with Gasteiger partial charge in [-0.15, -0.1) is 0 Å². The van der Waals surface area contributed by atoms with E-state index in [4.69, 9.17) is 5.10 Å². The summed E-state index contributed by atoms with van der Waals surface area (Å²) < 4.78 is 2.00. The molecule has 0 atom stereocenters. The van der Waals surface area contributed by atoms with Gasteiger partial charge in [0.1, 0.15) is 0 Å². The van der Waals surface area contributed by atoms with Crippen molar-refractivity contribution in [2.75, 3.05) is 0 Å². The zero-order chi connectivity index (χ0) is 14.4. The molecule has 1 aliphatic rings. The van der Waals surface area contributed by atoms with Crippen LogP contribution in [-0.4, -0.2) is 9.78 Å². The molecule has 1 aromatic heterocycles. The monoisotopic (exact) mass is 274 g/mol. The van der Waals surface area contributed by atoms with E-state index in [9.17, 15) is 0 Å². The SMILES string of the molecule is CC1(C)Cc2cn(-c3ccccc3)nc2-c2ccccc21. The number of aromatic nitrogens is 2. The third-order valence-electron chi connectivity index (χ3n) is 4.35. The number of benzene rings is 2. The van der Waals surface area contributed by atoms with Crippen LogP contribution in [0.1, 0.15) is 25.0 Å². The number of hydrogen-bond donors (Lipinski definition) is 0. The first-order valence-corrected chi connectivity index (χ1v) is 7.39. The maximum absolute atomic E-state index is 4.84. The van der Waals surface area contributed by atoms with Gasteiger partial charge in [0.25, 0.3) is 0 Å².